The van der Waals surface area contributed by atoms with Crippen molar-refractivity contribution in [3.05, 3.63) is 35.9 Å². The van der Waals surface area contributed by atoms with Crippen molar-refractivity contribution in [1.29, 1.82) is 0 Å². The van der Waals surface area contributed by atoms with Crippen molar-refractivity contribution >= 4 is 0 Å². The van der Waals surface area contributed by atoms with E-state index in [2.05, 4.69) is 0 Å². The highest BCUT2D eigenvalue weighted by Gasteiger charge is 2.20. The molecule has 0 fully saturated rings. The fourth-order valence-corrected chi connectivity index (χ4v) is 1.28. The van der Waals surface area contributed by atoms with Crippen molar-refractivity contribution in [3.63, 3.8) is 0 Å². The molecule has 0 bridgehead atoms. The lowest BCUT2D eigenvalue weighted by Gasteiger charge is -2.27. The molecule has 2 heteroatoms. The van der Waals surface area contributed by atoms with Gasteiger partial charge in [-0.3, -0.25) is 0 Å². The summed E-state index contributed by atoms with van der Waals surface area (Å²) in [5, 5.41) is 0. The van der Waals surface area contributed by atoms with Gasteiger partial charge in [0.25, 0.3) is 0 Å². The van der Waals surface area contributed by atoms with Gasteiger partial charge < -0.3 is 9.47 Å². The van der Waals surface area contributed by atoms with Crippen LogP contribution >= 0.6 is 0 Å². The maximum absolute atomic E-state index is 5.84. The number of hydrogen-bond acceptors (Lipinski definition) is 2. The second kappa shape index (κ2) is 5.29. The minimum Gasteiger partial charge on any atom is -0.349 e. The van der Waals surface area contributed by atoms with Gasteiger partial charge in [-0.25, -0.2) is 0 Å². The SMILES string of the molecule is CCOC(OC(C)(C)C)c1ccccc1. The summed E-state index contributed by atoms with van der Waals surface area (Å²) in [6, 6.07) is 10.0. The van der Waals surface area contributed by atoms with E-state index >= 15 is 0 Å². The Morgan fingerprint density at radius 1 is 1.13 bits per heavy atom. The van der Waals surface area contributed by atoms with Gasteiger partial charge in [0.15, 0.2) is 6.29 Å². The predicted octanol–water partition coefficient (Wildman–Crippen LogP) is 3.54. The molecule has 1 aromatic rings. The molecule has 0 aliphatic carbocycles. The Morgan fingerprint density at radius 3 is 2.20 bits per heavy atom. The maximum Gasteiger partial charge on any atom is 0.184 e. The summed E-state index contributed by atoms with van der Waals surface area (Å²) in [7, 11) is 0. The third kappa shape index (κ3) is 4.45. The van der Waals surface area contributed by atoms with E-state index in [4.69, 9.17) is 9.47 Å². The van der Waals surface area contributed by atoms with Gasteiger partial charge in [-0.2, -0.15) is 0 Å². The van der Waals surface area contributed by atoms with Crippen LogP contribution in [0.3, 0.4) is 0 Å². The molecule has 0 spiro atoms. The molecule has 1 rings (SSSR count). The molecule has 0 N–H and O–H groups in total. The first-order valence-corrected chi connectivity index (χ1v) is 5.37. The smallest absolute Gasteiger partial charge is 0.184 e. The highest BCUT2D eigenvalue weighted by Crippen LogP contribution is 2.24. The Morgan fingerprint density at radius 2 is 1.73 bits per heavy atom. The van der Waals surface area contributed by atoms with E-state index in [1.54, 1.807) is 0 Å². The van der Waals surface area contributed by atoms with Crippen LogP contribution in [-0.4, -0.2) is 12.2 Å². The summed E-state index contributed by atoms with van der Waals surface area (Å²) in [6.07, 6.45) is -0.267. The molecule has 0 saturated heterocycles. The molecule has 2 nitrogen and oxygen atoms in total. The molecule has 0 heterocycles. The van der Waals surface area contributed by atoms with Crippen LogP contribution in [0, 0.1) is 0 Å². The normalized spacial score (nSPS) is 13.9. The van der Waals surface area contributed by atoms with Crippen molar-refractivity contribution in [2.45, 2.75) is 39.6 Å². The molecule has 0 aliphatic rings. The van der Waals surface area contributed by atoms with Crippen molar-refractivity contribution in [2.24, 2.45) is 0 Å². The fraction of sp³-hybridized carbons (Fsp3) is 0.538. The molecule has 0 aromatic heterocycles. The van der Waals surface area contributed by atoms with Crippen molar-refractivity contribution in [2.75, 3.05) is 6.61 Å². The molecule has 1 unspecified atom stereocenters. The number of ether oxygens (including phenoxy) is 2. The zero-order valence-corrected chi connectivity index (χ0v) is 9.99. The summed E-state index contributed by atoms with van der Waals surface area (Å²) < 4.78 is 11.4. The Bertz CT molecular complexity index is 274. The lowest BCUT2D eigenvalue weighted by Crippen LogP contribution is -2.24. The topological polar surface area (TPSA) is 18.5 Å². The summed E-state index contributed by atoms with van der Waals surface area (Å²) in [5.74, 6) is 0. The largest absolute Gasteiger partial charge is 0.349 e. The molecule has 84 valence electrons. The Labute approximate surface area is 92.2 Å². The van der Waals surface area contributed by atoms with Crippen LogP contribution < -0.4 is 0 Å². The van der Waals surface area contributed by atoms with Gasteiger partial charge in [-0.05, 0) is 27.7 Å². The highest BCUT2D eigenvalue weighted by atomic mass is 16.7. The predicted molar refractivity (Wildman–Crippen MR) is 61.6 cm³/mol. The van der Waals surface area contributed by atoms with Gasteiger partial charge in [0.05, 0.1) is 5.60 Å². The Kier molecular flexibility index (Phi) is 4.30. The molecule has 1 aromatic carbocycles. The van der Waals surface area contributed by atoms with Gasteiger partial charge in [-0.15, -0.1) is 0 Å². The van der Waals surface area contributed by atoms with E-state index in [1.807, 2.05) is 58.0 Å². The summed E-state index contributed by atoms with van der Waals surface area (Å²) >= 11 is 0. The van der Waals surface area contributed by atoms with E-state index in [1.165, 1.54) is 0 Å². The molecule has 0 radical (unpaired) electrons. The second-order valence-corrected chi connectivity index (χ2v) is 4.43. The Hall–Kier alpha value is -0.860. The molecule has 15 heavy (non-hydrogen) atoms. The van der Waals surface area contributed by atoms with Gasteiger partial charge >= 0.3 is 0 Å². The van der Waals surface area contributed by atoms with Crippen molar-refractivity contribution in [1.82, 2.24) is 0 Å². The van der Waals surface area contributed by atoms with E-state index in [0.717, 1.165) is 5.56 Å². The zero-order valence-electron chi connectivity index (χ0n) is 9.99. The van der Waals surface area contributed by atoms with E-state index in [0.29, 0.717) is 6.61 Å². The third-order valence-corrected chi connectivity index (χ3v) is 1.85. The third-order valence-electron chi connectivity index (χ3n) is 1.85. The first-order chi connectivity index (χ1) is 7.03. The van der Waals surface area contributed by atoms with E-state index in [9.17, 15) is 0 Å². The van der Waals surface area contributed by atoms with Gasteiger partial charge in [-0.1, -0.05) is 30.3 Å². The van der Waals surface area contributed by atoms with Crippen LogP contribution in [-0.2, 0) is 9.47 Å². The fourth-order valence-electron chi connectivity index (χ4n) is 1.28. The summed E-state index contributed by atoms with van der Waals surface area (Å²) in [5.41, 5.74) is 0.865. The quantitative estimate of drug-likeness (QED) is 0.705. The number of benzene rings is 1. The molecule has 1 atom stereocenters. The van der Waals surface area contributed by atoms with Gasteiger partial charge in [0, 0.05) is 12.2 Å². The number of rotatable bonds is 4. The highest BCUT2D eigenvalue weighted by molar-refractivity contribution is 5.16. The van der Waals surface area contributed by atoms with Crippen LogP contribution in [0.2, 0.25) is 0 Å². The minimum atomic E-state index is -0.267. The standard InChI is InChI=1S/C13H20O2/c1-5-14-12(15-13(2,3)4)11-9-7-6-8-10-11/h6-10,12H,5H2,1-4H3. The summed E-state index contributed by atoms with van der Waals surface area (Å²) in [6.45, 7) is 8.71. The van der Waals surface area contributed by atoms with Crippen LogP contribution in [0.5, 0.6) is 0 Å². The maximum atomic E-state index is 5.84. The lowest BCUT2D eigenvalue weighted by molar-refractivity contribution is -0.197. The molecule has 0 aliphatic heterocycles. The molecule has 0 saturated carbocycles. The first-order valence-electron chi connectivity index (χ1n) is 5.37. The Balaban J connectivity index is 2.75. The van der Waals surface area contributed by atoms with E-state index in [-0.39, 0.29) is 11.9 Å². The van der Waals surface area contributed by atoms with Crippen molar-refractivity contribution < 1.29 is 9.47 Å². The first kappa shape index (κ1) is 12.2. The molecule has 0 amide bonds. The zero-order chi connectivity index (χ0) is 11.3. The molecular formula is C13H20O2. The minimum absolute atomic E-state index is 0.199. The monoisotopic (exact) mass is 208 g/mol. The summed E-state index contributed by atoms with van der Waals surface area (Å²) in [4.78, 5) is 0. The van der Waals surface area contributed by atoms with Crippen LogP contribution in [0.4, 0.5) is 0 Å². The van der Waals surface area contributed by atoms with Crippen molar-refractivity contribution in [3.8, 4) is 0 Å². The average molecular weight is 208 g/mol. The van der Waals surface area contributed by atoms with E-state index < -0.39 is 0 Å². The van der Waals surface area contributed by atoms with Gasteiger partial charge in [0.1, 0.15) is 0 Å². The van der Waals surface area contributed by atoms with Gasteiger partial charge in [0.2, 0.25) is 0 Å². The van der Waals surface area contributed by atoms with Crippen LogP contribution in [0.1, 0.15) is 39.5 Å². The van der Waals surface area contributed by atoms with Crippen LogP contribution in [0.25, 0.3) is 0 Å². The molecular weight excluding hydrogens is 188 g/mol. The van der Waals surface area contributed by atoms with Crippen LogP contribution in [0.15, 0.2) is 30.3 Å². The average Bonchev–Trinajstić information content (AvgIpc) is 2.17. The number of hydrogen-bond donors (Lipinski definition) is 0. The lowest BCUT2D eigenvalue weighted by atomic mass is 10.1. The second-order valence-electron chi connectivity index (χ2n) is 4.43.